The summed E-state index contributed by atoms with van der Waals surface area (Å²) in [5, 5.41) is 0. The molecule has 0 fully saturated rings. The van der Waals surface area contributed by atoms with Gasteiger partial charge >= 0.3 is 18.3 Å². The number of ether oxygens (including phenoxy) is 4. The quantitative estimate of drug-likeness (QED) is 0.586. The van der Waals surface area contributed by atoms with E-state index in [0.717, 1.165) is 37.3 Å². The fourth-order valence-corrected chi connectivity index (χ4v) is 2.24. The second-order valence-corrected chi connectivity index (χ2v) is 4.85. The van der Waals surface area contributed by atoms with Gasteiger partial charge in [-0.05, 0) is 12.1 Å². The van der Waals surface area contributed by atoms with Gasteiger partial charge in [-0.3, -0.25) is 0 Å². The maximum Gasteiger partial charge on any atom is 0.573 e. The molecular formula is C15H13F4NO6. The average Bonchev–Trinajstić information content (AvgIpc) is 2.60. The van der Waals surface area contributed by atoms with Crippen molar-refractivity contribution in [2.45, 2.75) is 6.36 Å². The number of hydrogen-bond donors (Lipinski definition) is 0. The summed E-state index contributed by atoms with van der Waals surface area (Å²) >= 11 is 0. The molecule has 0 aromatic heterocycles. The highest BCUT2D eigenvalue weighted by molar-refractivity contribution is 6.03. The molecule has 0 atom stereocenters. The lowest BCUT2D eigenvalue weighted by Gasteiger charge is -2.31. The number of rotatable bonds is 4. The van der Waals surface area contributed by atoms with Crippen LogP contribution in [0.3, 0.4) is 0 Å². The van der Waals surface area contributed by atoms with Crippen LogP contribution in [0.25, 0.3) is 0 Å². The second kappa shape index (κ2) is 7.60. The van der Waals surface area contributed by atoms with Gasteiger partial charge in [0.25, 0.3) is 0 Å². The molecule has 26 heavy (non-hydrogen) atoms. The van der Waals surface area contributed by atoms with Crippen LogP contribution in [0, 0.1) is 5.82 Å². The van der Waals surface area contributed by atoms with Crippen molar-refractivity contribution in [3.8, 4) is 5.75 Å². The number of hydrogen-bond acceptors (Lipinski definition) is 7. The molecule has 1 aromatic carbocycles. The Kier molecular flexibility index (Phi) is 5.70. The van der Waals surface area contributed by atoms with E-state index in [9.17, 15) is 27.2 Å². The van der Waals surface area contributed by atoms with Crippen LogP contribution in [0.15, 0.2) is 29.5 Å². The van der Waals surface area contributed by atoms with Crippen LogP contribution < -0.4 is 9.64 Å². The molecule has 0 spiro atoms. The molecule has 2 rings (SSSR count). The van der Waals surface area contributed by atoms with Crippen molar-refractivity contribution in [2.24, 2.45) is 0 Å². The summed E-state index contributed by atoms with van der Waals surface area (Å²) in [5.41, 5.74) is -1.16. The van der Waals surface area contributed by atoms with E-state index in [-0.39, 0.29) is 12.2 Å². The third-order valence-corrected chi connectivity index (χ3v) is 3.29. The van der Waals surface area contributed by atoms with Crippen molar-refractivity contribution >= 4 is 17.6 Å². The van der Waals surface area contributed by atoms with E-state index in [0.29, 0.717) is 0 Å². The summed E-state index contributed by atoms with van der Waals surface area (Å²) in [6.45, 7) is -0.745. The lowest BCUT2D eigenvalue weighted by Crippen LogP contribution is -2.39. The van der Waals surface area contributed by atoms with E-state index < -0.39 is 48.0 Å². The number of anilines is 1. The van der Waals surface area contributed by atoms with E-state index in [1.807, 2.05) is 0 Å². The normalized spacial score (nSPS) is 14.9. The minimum Gasteiger partial charge on any atom is -0.466 e. The molecule has 1 aromatic rings. The molecule has 1 heterocycles. The largest absolute Gasteiger partial charge is 0.573 e. The highest BCUT2D eigenvalue weighted by atomic mass is 19.4. The van der Waals surface area contributed by atoms with Crippen molar-refractivity contribution in [1.29, 1.82) is 0 Å². The first-order valence-corrected chi connectivity index (χ1v) is 6.99. The van der Waals surface area contributed by atoms with Gasteiger partial charge < -0.3 is 23.8 Å². The van der Waals surface area contributed by atoms with Crippen LogP contribution in [-0.2, 0) is 23.8 Å². The van der Waals surface area contributed by atoms with Crippen LogP contribution >= 0.6 is 0 Å². The van der Waals surface area contributed by atoms with Crippen LogP contribution in [0.2, 0.25) is 0 Å². The fraction of sp³-hybridized carbons (Fsp3) is 0.333. The van der Waals surface area contributed by atoms with E-state index in [2.05, 4.69) is 14.2 Å². The summed E-state index contributed by atoms with van der Waals surface area (Å²) < 4.78 is 69.6. The van der Waals surface area contributed by atoms with Crippen molar-refractivity contribution in [3.05, 3.63) is 35.3 Å². The number of carbonyl (C=O) groups excluding carboxylic acids is 2. The lowest BCUT2D eigenvalue weighted by molar-refractivity contribution is -0.275. The SMILES string of the molecule is COC(=O)C1=C(C(=O)OC)N(c2cccc(OC(F)(F)F)c2F)COC1. The highest BCUT2D eigenvalue weighted by Gasteiger charge is 2.36. The maximum absolute atomic E-state index is 14.5. The van der Waals surface area contributed by atoms with Crippen molar-refractivity contribution in [3.63, 3.8) is 0 Å². The molecule has 1 aliphatic heterocycles. The topological polar surface area (TPSA) is 74.3 Å². The Balaban J connectivity index is 2.57. The van der Waals surface area contributed by atoms with Gasteiger partial charge in [-0.2, -0.15) is 0 Å². The van der Waals surface area contributed by atoms with Crippen molar-refractivity contribution < 1.29 is 46.1 Å². The summed E-state index contributed by atoms with van der Waals surface area (Å²) in [7, 11) is 2.08. The van der Waals surface area contributed by atoms with Gasteiger partial charge in [0.05, 0.1) is 32.1 Å². The summed E-state index contributed by atoms with van der Waals surface area (Å²) in [6.07, 6.45) is -5.12. The summed E-state index contributed by atoms with van der Waals surface area (Å²) in [6, 6.07) is 2.94. The van der Waals surface area contributed by atoms with E-state index in [1.165, 1.54) is 0 Å². The van der Waals surface area contributed by atoms with E-state index in [4.69, 9.17) is 4.74 Å². The third kappa shape index (κ3) is 4.04. The van der Waals surface area contributed by atoms with Gasteiger partial charge in [-0.25, -0.2) is 14.0 Å². The number of methoxy groups -OCH3 is 2. The molecule has 0 amide bonds. The minimum atomic E-state index is -5.12. The number of alkyl halides is 3. The predicted molar refractivity (Wildman–Crippen MR) is 77.4 cm³/mol. The molecule has 7 nitrogen and oxygen atoms in total. The first kappa shape index (κ1) is 19.5. The molecule has 0 bridgehead atoms. The Morgan fingerprint density at radius 1 is 1.15 bits per heavy atom. The summed E-state index contributed by atoms with van der Waals surface area (Å²) in [4.78, 5) is 24.8. The van der Waals surface area contributed by atoms with Crippen LogP contribution in [-0.4, -0.2) is 45.9 Å². The Morgan fingerprint density at radius 2 is 1.81 bits per heavy atom. The molecule has 11 heteroatoms. The fourth-order valence-electron chi connectivity index (χ4n) is 2.24. The first-order chi connectivity index (χ1) is 12.2. The van der Waals surface area contributed by atoms with Gasteiger partial charge in [-0.15, -0.1) is 13.2 Å². The monoisotopic (exact) mass is 379 g/mol. The van der Waals surface area contributed by atoms with E-state index in [1.54, 1.807) is 0 Å². The molecular weight excluding hydrogens is 366 g/mol. The number of carbonyl (C=O) groups is 2. The molecule has 0 radical (unpaired) electrons. The van der Waals surface area contributed by atoms with Gasteiger partial charge in [0.15, 0.2) is 11.6 Å². The van der Waals surface area contributed by atoms with Crippen molar-refractivity contribution in [1.82, 2.24) is 0 Å². The second-order valence-electron chi connectivity index (χ2n) is 4.85. The molecule has 0 saturated carbocycles. The maximum atomic E-state index is 14.5. The molecule has 0 aliphatic carbocycles. The van der Waals surface area contributed by atoms with Gasteiger partial charge in [0.1, 0.15) is 12.4 Å². The molecule has 0 unspecified atom stereocenters. The Labute approximate surface area is 144 Å². The molecule has 142 valence electrons. The summed E-state index contributed by atoms with van der Waals surface area (Å²) in [5.74, 6) is -4.46. The zero-order valence-corrected chi connectivity index (χ0v) is 13.6. The zero-order chi connectivity index (χ0) is 19.5. The number of benzene rings is 1. The Hall–Kier alpha value is -2.82. The van der Waals surface area contributed by atoms with Crippen molar-refractivity contribution in [2.75, 3.05) is 32.5 Å². The standard InChI is InChI=1S/C15H13F4NO6/c1-23-13(21)8-6-25-7-20(12(8)14(22)24-2)9-4-3-5-10(11(9)16)26-15(17,18)19/h3-5H,6-7H2,1-2H3. The number of esters is 2. The lowest BCUT2D eigenvalue weighted by atomic mass is 10.1. The predicted octanol–water partition coefficient (Wildman–Crippen LogP) is 2.12. The van der Waals surface area contributed by atoms with E-state index >= 15 is 0 Å². The van der Waals surface area contributed by atoms with Gasteiger partial charge in [0.2, 0.25) is 0 Å². The van der Waals surface area contributed by atoms with Gasteiger partial charge in [-0.1, -0.05) is 6.07 Å². The van der Waals surface area contributed by atoms with Crippen LogP contribution in [0.5, 0.6) is 5.75 Å². The van der Waals surface area contributed by atoms with Crippen LogP contribution in [0.4, 0.5) is 23.2 Å². The highest BCUT2D eigenvalue weighted by Crippen LogP contribution is 2.35. The van der Waals surface area contributed by atoms with Gasteiger partial charge in [0, 0.05) is 0 Å². The van der Waals surface area contributed by atoms with Crippen LogP contribution in [0.1, 0.15) is 0 Å². The Morgan fingerprint density at radius 3 is 2.38 bits per heavy atom. The average molecular weight is 379 g/mol. The molecule has 0 N–H and O–H groups in total. The third-order valence-electron chi connectivity index (χ3n) is 3.29. The minimum absolute atomic E-state index is 0.271. The molecule has 1 aliphatic rings. The first-order valence-electron chi connectivity index (χ1n) is 6.99. The Bertz CT molecular complexity index is 746. The number of halogens is 4. The zero-order valence-electron chi connectivity index (χ0n) is 13.6. The smallest absolute Gasteiger partial charge is 0.466 e. The molecule has 0 saturated heterocycles. The number of nitrogens with zero attached hydrogens (tertiary/aromatic N) is 1.